The molecule has 1 aliphatic heterocycles. The van der Waals surface area contributed by atoms with Gasteiger partial charge in [0.1, 0.15) is 11.0 Å². The maximum atomic E-state index is 13.2. The van der Waals surface area contributed by atoms with E-state index in [-0.39, 0.29) is 10.8 Å². The van der Waals surface area contributed by atoms with Crippen molar-refractivity contribution in [3.05, 3.63) is 48.0 Å². The van der Waals surface area contributed by atoms with Crippen LogP contribution in [0.1, 0.15) is 48.9 Å². The average Bonchev–Trinajstić information content (AvgIpc) is 3.53. The zero-order chi connectivity index (χ0) is 21.4. The molecule has 31 heavy (non-hydrogen) atoms. The van der Waals surface area contributed by atoms with Crippen LogP contribution in [0.2, 0.25) is 0 Å². The molecule has 8 nitrogen and oxygen atoms in total. The predicted octanol–water partition coefficient (Wildman–Crippen LogP) is 3.55. The lowest BCUT2D eigenvalue weighted by atomic mass is 9.95. The number of aromatic amines is 1. The quantitative estimate of drug-likeness (QED) is 0.632. The summed E-state index contributed by atoms with van der Waals surface area (Å²) >= 11 is 0. The molecule has 2 fully saturated rings. The summed E-state index contributed by atoms with van der Waals surface area (Å²) in [5.41, 5.74) is 1.94. The van der Waals surface area contributed by atoms with Crippen molar-refractivity contribution in [2.45, 2.75) is 49.5 Å². The molecule has 1 saturated heterocycles. The monoisotopic (exact) mass is 439 g/mol. The number of likely N-dealkylation sites (tertiary alicyclic amines) is 1. The fourth-order valence-electron chi connectivity index (χ4n) is 4.96. The largest absolute Gasteiger partial charge is 0.335 e. The van der Waals surface area contributed by atoms with E-state index in [9.17, 15) is 13.2 Å². The number of nitrogens with one attached hydrogen (secondary N) is 2. The Morgan fingerprint density at radius 2 is 1.81 bits per heavy atom. The minimum Gasteiger partial charge on any atom is -0.335 e. The molecule has 0 radical (unpaired) electrons. The van der Waals surface area contributed by atoms with Gasteiger partial charge in [-0.15, -0.1) is 0 Å². The highest BCUT2D eigenvalue weighted by Crippen LogP contribution is 2.36. The highest BCUT2D eigenvalue weighted by molar-refractivity contribution is 7.92. The number of fused-ring (bicyclic) bond motifs is 1. The first kappa shape index (κ1) is 20.0. The van der Waals surface area contributed by atoms with Crippen LogP contribution in [-0.4, -0.2) is 47.2 Å². The van der Waals surface area contributed by atoms with Crippen molar-refractivity contribution >= 4 is 32.7 Å². The van der Waals surface area contributed by atoms with E-state index in [1.807, 2.05) is 4.90 Å². The standard InChI is InChI=1S/C22H25N5O3S/c28-22(27-12-4-9-21(27)15-5-1-2-6-15)16-7-3-8-17(13-16)25-31(29,30)18-10-11-19-20(14-18)24-26-23-19/h3,7-8,10-11,13-15,21,25H,1-2,4-6,9,12H2,(H,23,24,26)/t21-/m0/s1. The van der Waals surface area contributed by atoms with E-state index >= 15 is 0 Å². The van der Waals surface area contributed by atoms with Gasteiger partial charge in [-0.1, -0.05) is 18.9 Å². The Morgan fingerprint density at radius 3 is 2.65 bits per heavy atom. The summed E-state index contributed by atoms with van der Waals surface area (Å²) in [6.45, 7) is 0.771. The predicted molar refractivity (Wildman–Crippen MR) is 117 cm³/mol. The van der Waals surface area contributed by atoms with E-state index < -0.39 is 10.0 Å². The summed E-state index contributed by atoms with van der Waals surface area (Å²) < 4.78 is 28.3. The van der Waals surface area contributed by atoms with E-state index in [0.29, 0.717) is 34.2 Å². The third-order valence-electron chi connectivity index (χ3n) is 6.46. The second-order valence-electron chi connectivity index (χ2n) is 8.41. The summed E-state index contributed by atoms with van der Waals surface area (Å²) in [6, 6.07) is 11.6. The van der Waals surface area contributed by atoms with E-state index in [1.54, 1.807) is 30.3 Å². The Balaban J connectivity index is 1.36. The summed E-state index contributed by atoms with van der Waals surface area (Å²) in [6.07, 6.45) is 6.99. The van der Waals surface area contributed by atoms with Crippen LogP contribution in [0.25, 0.3) is 11.0 Å². The van der Waals surface area contributed by atoms with Crippen molar-refractivity contribution in [2.75, 3.05) is 11.3 Å². The number of H-pyrrole nitrogens is 1. The van der Waals surface area contributed by atoms with Gasteiger partial charge >= 0.3 is 0 Å². The number of amides is 1. The van der Waals surface area contributed by atoms with E-state index in [4.69, 9.17) is 0 Å². The lowest BCUT2D eigenvalue weighted by Crippen LogP contribution is -2.39. The van der Waals surface area contributed by atoms with Gasteiger partial charge in [-0.2, -0.15) is 15.4 Å². The Kier molecular flexibility index (Phi) is 5.13. The molecule has 0 spiro atoms. The molecule has 0 unspecified atom stereocenters. The zero-order valence-electron chi connectivity index (χ0n) is 17.1. The molecule has 2 heterocycles. The molecule has 0 bridgehead atoms. The minimum atomic E-state index is -3.82. The number of sulfonamides is 1. The van der Waals surface area contributed by atoms with E-state index in [0.717, 1.165) is 19.4 Å². The molecule has 1 atom stereocenters. The summed E-state index contributed by atoms with van der Waals surface area (Å²) in [5, 5.41) is 10.4. The van der Waals surface area contributed by atoms with E-state index in [1.165, 1.54) is 37.8 Å². The van der Waals surface area contributed by atoms with Gasteiger partial charge in [0, 0.05) is 23.8 Å². The van der Waals surface area contributed by atoms with Gasteiger partial charge < -0.3 is 4.90 Å². The molecule has 3 aromatic rings. The van der Waals surface area contributed by atoms with Crippen LogP contribution in [0, 0.1) is 5.92 Å². The molecular formula is C22H25N5O3S. The SMILES string of the molecule is O=C(c1cccc(NS(=O)(=O)c2ccc3n[nH]nc3c2)c1)N1CCC[C@H]1C1CCCC1. The molecule has 2 N–H and O–H groups in total. The summed E-state index contributed by atoms with van der Waals surface area (Å²) in [4.78, 5) is 15.3. The third-order valence-corrected chi connectivity index (χ3v) is 7.84. The molecule has 2 aliphatic rings. The average molecular weight is 440 g/mol. The van der Waals surface area contributed by atoms with Gasteiger partial charge in [-0.3, -0.25) is 9.52 Å². The Hall–Kier alpha value is -2.94. The van der Waals surface area contributed by atoms with Crippen molar-refractivity contribution < 1.29 is 13.2 Å². The number of hydrogen-bond donors (Lipinski definition) is 2. The second kappa shape index (κ2) is 7.96. The molecule has 2 aromatic carbocycles. The van der Waals surface area contributed by atoms with Crippen molar-refractivity contribution in [1.29, 1.82) is 0 Å². The fraction of sp³-hybridized carbons (Fsp3) is 0.409. The zero-order valence-corrected chi connectivity index (χ0v) is 17.9. The molecule has 9 heteroatoms. The highest BCUT2D eigenvalue weighted by Gasteiger charge is 2.36. The first-order valence-corrected chi connectivity index (χ1v) is 12.2. The van der Waals surface area contributed by atoms with Crippen LogP contribution in [0.4, 0.5) is 5.69 Å². The first-order valence-electron chi connectivity index (χ1n) is 10.8. The van der Waals surface area contributed by atoms with Crippen molar-refractivity contribution in [2.24, 2.45) is 5.92 Å². The molecule has 1 aliphatic carbocycles. The van der Waals surface area contributed by atoms with Crippen LogP contribution in [0.3, 0.4) is 0 Å². The van der Waals surface area contributed by atoms with E-state index in [2.05, 4.69) is 20.1 Å². The van der Waals surface area contributed by atoms with Gasteiger partial charge in [0.2, 0.25) is 0 Å². The van der Waals surface area contributed by atoms with Crippen molar-refractivity contribution in [1.82, 2.24) is 20.3 Å². The number of benzene rings is 2. The van der Waals surface area contributed by atoms with Gasteiger partial charge in [0.25, 0.3) is 15.9 Å². The minimum absolute atomic E-state index is 0.0144. The lowest BCUT2D eigenvalue weighted by molar-refractivity contribution is 0.0689. The van der Waals surface area contributed by atoms with Crippen LogP contribution >= 0.6 is 0 Å². The molecule has 1 amide bonds. The lowest BCUT2D eigenvalue weighted by Gasteiger charge is -2.29. The Morgan fingerprint density at radius 1 is 1.00 bits per heavy atom. The van der Waals surface area contributed by atoms with Crippen LogP contribution in [0.15, 0.2) is 47.4 Å². The number of anilines is 1. The van der Waals surface area contributed by atoms with Gasteiger partial charge in [-0.05, 0) is 68.0 Å². The van der Waals surface area contributed by atoms with Crippen molar-refractivity contribution in [3.8, 4) is 0 Å². The normalized spacial score (nSPS) is 19.9. The number of nitrogens with zero attached hydrogens (tertiary/aromatic N) is 3. The van der Waals surface area contributed by atoms with Gasteiger partial charge in [0.15, 0.2) is 0 Å². The van der Waals surface area contributed by atoms with Gasteiger partial charge in [-0.25, -0.2) is 8.42 Å². The number of carbonyl (C=O) groups is 1. The highest BCUT2D eigenvalue weighted by atomic mass is 32.2. The Bertz CT molecular complexity index is 1220. The van der Waals surface area contributed by atoms with Crippen molar-refractivity contribution in [3.63, 3.8) is 0 Å². The van der Waals surface area contributed by atoms with Gasteiger partial charge in [0.05, 0.1) is 4.90 Å². The topological polar surface area (TPSA) is 108 Å². The number of rotatable bonds is 5. The summed E-state index contributed by atoms with van der Waals surface area (Å²) in [5.74, 6) is 0.582. The molecular weight excluding hydrogens is 414 g/mol. The molecule has 1 aromatic heterocycles. The Labute approximate surface area is 181 Å². The maximum Gasteiger partial charge on any atom is 0.261 e. The van der Waals surface area contributed by atoms with Crippen LogP contribution < -0.4 is 4.72 Å². The smallest absolute Gasteiger partial charge is 0.261 e. The molecule has 162 valence electrons. The van der Waals surface area contributed by atoms with Crippen LogP contribution in [-0.2, 0) is 10.0 Å². The third kappa shape index (κ3) is 3.89. The molecule has 5 rings (SSSR count). The number of hydrogen-bond acceptors (Lipinski definition) is 5. The van der Waals surface area contributed by atoms with Crippen LogP contribution in [0.5, 0.6) is 0 Å². The number of carbonyl (C=O) groups excluding carboxylic acids is 1. The summed E-state index contributed by atoms with van der Waals surface area (Å²) in [7, 11) is -3.82. The second-order valence-corrected chi connectivity index (χ2v) is 10.1. The number of aromatic nitrogens is 3. The maximum absolute atomic E-state index is 13.2. The first-order chi connectivity index (χ1) is 15.0. The fourth-order valence-corrected chi connectivity index (χ4v) is 6.03. The molecule has 1 saturated carbocycles.